The summed E-state index contributed by atoms with van der Waals surface area (Å²) in [6, 6.07) is 10.7. The Morgan fingerprint density at radius 3 is 2.46 bits per heavy atom. The van der Waals surface area contributed by atoms with Crippen LogP contribution >= 0.6 is 11.6 Å². The smallest absolute Gasteiger partial charge is 0.272 e. The van der Waals surface area contributed by atoms with Crippen LogP contribution in [0.25, 0.3) is 0 Å². The highest BCUT2D eigenvalue weighted by molar-refractivity contribution is 6.30. The molecular weight excluding hydrogens is 376 g/mol. The molecule has 4 rings (SSSR count). The number of halogens is 1. The van der Waals surface area contributed by atoms with Crippen molar-refractivity contribution in [2.24, 2.45) is 17.8 Å². The molecule has 2 fully saturated rings. The average molecular weight is 399 g/mol. The zero-order valence-corrected chi connectivity index (χ0v) is 16.4. The Hall–Kier alpha value is -2.47. The fraction of sp³-hybridized carbons (Fsp3) is 0.429. The molecule has 2 aliphatic rings. The summed E-state index contributed by atoms with van der Waals surface area (Å²) in [6.07, 6.45) is 4.35. The SMILES string of the molecule is CCC(NC(=O)c1ccc(Cl)cc1)[C@H]1[C@@H]2C[C@@H](NC(=O)c3cccnn3)C[C@@H]21. The molecule has 0 radical (unpaired) electrons. The van der Waals surface area contributed by atoms with E-state index in [4.69, 9.17) is 11.6 Å². The first-order valence-electron chi connectivity index (χ1n) is 9.71. The lowest BCUT2D eigenvalue weighted by Crippen LogP contribution is -2.39. The molecular formula is C21H23ClN4O2. The predicted molar refractivity (Wildman–Crippen MR) is 106 cm³/mol. The molecule has 0 saturated heterocycles. The summed E-state index contributed by atoms with van der Waals surface area (Å²) < 4.78 is 0. The van der Waals surface area contributed by atoms with Crippen LogP contribution in [-0.4, -0.2) is 34.1 Å². The van der Waals surface area contributed by atoms with Crippen molar-refractivity contribution in [1.82, 2.24) is 20.8 Å². The number of hydrogen-bond acceptors (Lipinski definition) is 4. The van der Waals surface area contributed by atoms with Gasteiger partial charge in [0, 0.05) is 28.9 Å². The van der Waals surface area contributed by atoms with Crippen LogP contribution in [0, 0.1) is 17.8 Å². The van der Waals surface area contributed by atoms with E-state index in [9.17, 15) is 9.59 Å². The maximum Gasteiger partial charge on any atom is 0.272 e. The van der Waals surface area contributed by atoms with E-state index >= 15 is 0 Å². The van der Waals surface area contributed by atoms with Crippen molar-refractivity contribution in [3.05, 3.63) is 58.9 Å². The van der Waals surface area contributed by atoms with Crippen LogP contribution in [0.4, 0.5) is 0 Å². The van der Waals surface area contributed by atoms with Crippen molar-refractivity contribution in [3.63, 3.8) is 0 Å². The third-order valence-electron chi connectivity index (χ3n) is 5.98. The molecule has 1 aromatic heterocycles. The highest BCUT2D eigenvalue weighted by Gasteiger charge is 2.58. The number of carbonyl (C=O) groups excluding carboxylic acids is 2. The lowest BCUT2D eigenvalue weighted by Gasteiger charge is -2.22. The molecule has 2 saturated carbocycles. The molecule has 1 aromatic carbocycles. The van der Waals surface area contributed by atoms with Gasteiger partial charge >= 0.3 is 0 Å². The Bertz CT molecular complexity index is 846. The second kappa shape index (κ2) is 7.87. The van der Waals surface area contributed by atoms with Gasteiger partial charge in [0.25, 0.3) is 11.8 Å². The molecule has 2 N–H and O–H groups in total. The molecule has 28 heavy (non-hydrogen) atoms. The summed E-state index contributed by atoms with van der Waals surface area (Å²) in [5, 5.41) is 14.5. The highest BCUT2D eigenvalue weighted by atomic mass is 35.5. The van der Waals surface area contributed by atoms with Crippen LogP contribution in [0.1, 0.15) is 47.0 Å². The third kappa shape index (κ3) is 3.87. The van der Waals surface area contributed by atoms with Crippen molar-refractivity contribution < 1.29 is 9.59 Å². The molecule has 1 heterocycles. The molecule has 0 spiro atoms. The van der Waals surface area contributed by atoms with E-state index in [1.54, 1.807) is 42.6 Å². The van der Waals surface area contributed by atoms with Gasteiger partial charge in [-0.1, -0.05) is 18.5 Å². The second-order valence-corrected chi connectivity index (χ2v) is 8.09. The van der Waals surface area contributed by atoms with Gasteiger partial charge < -0.3 is 10.6 Å². The minimum Gasteiger partial charge on any atom is -0.349 e. The summed E-state index contributed by atoms with van der Waals surface area (Å²) >= 11 is 5.89. The number of aromatic nitrogens is 2. The summed E-state index contributed by atoms with van der Waals surface area (Å²) in [4.78, 5) is 24.8. The van der Waals surface area contributed by atoms with E-state index in [-0.39, 0.29) is 23.9 Å². The van der Waals surface area contributed by atoms with Gasteiger partial charge in [-0.2, -0.15) is 5.10 Å². The number of nitrogens with zero attached hydrogens (tertiary/aromatic N) is 2. The van der Waals surface area contributed by atoms with Gasteiger partial charge in [0.2, 0.25) is 0 Å². The first kappa shape index (κ1) is 18.9. The predicted octanol–water partition coefficient (Wildman–Crippen LogP) is 3.09. The minimum atomic E-state index is -0.168. The van der Waals surface area contributed by atoms with Crippen molar-refractivity contribution in [2.75, 3.05) is 0 Å². The highest BCUT2D eigenvalue weighted by Crippen LogP contribution is 2.59. The van der Waals surface area contributed by atoms with Crippen LogP contribution in [-0.2, 0) is 0 Å². The van der Waals surface area contributed by atoms with E-state index < -0.39 is 0 Å². The molecule has 0 bridgehead atoms. The van der Waals surface area contributed by atoms with E-state index in [2.05, 4.69) is 27.8 Å². The maximum absolute atomic E-state index is 12.5. The van der Waals surface area contributed by atoms with Gasteiger partial charge in [-0.05, 0) is 73.4 Å². The molecule has 6 nitrogen and oxygen atoms in total. The van der Waals surface area contributed by atoms with Crippen molar-refractivity contribution in [3.8, 4) is 0 Å². The molecule has 1 unspecified atom stereocenters. The van der Waals surface area contributed by atoms with E-state index in [1.807, 2.05) is 0 Å². The van der Waals surface area contributed by atoms with Crippen molar-refractivity contribution >= 4 is 23.4 Å². The van der Waals surface area contributed by atoms with Gasteiger partial charge in [0.1, 0.15) is 0 Å². The Labute approximate surface area is 169 Å². The average Bonchev–Trinajstić information content (AvgIpc) is 3.20. The zero-order chi connectivity index (χ0) is 19.7. The van der Waals surface area contributed by atoms with Crippen LogP contribution < -0.4 is 10.6 Å². The van der Waals surface area contributed by atoms with E-state index in [1.165, 1.54) is 0 Å². The van der Waals surface area contributed by atoms with Crippen molar-refractivity contribution in [2.45, 2.75) is 38.3 Å². The monoisotopic (exact) mass is 398 g/mol. The Morgan fingerprint density at radius 1 is 1.14 bits per heavy atom. The van der Waals surface area contributed by atoms with Gasteiger partial charge in [-0.3, -0.25) is 9.59 Å². The number of benzene rings is 1. The fourth-order valence-electron chi connectivity index (χ4n) is 4.61. The number of rotatable bonds is 6. The number of carbonyl (C=O) groups is 2. The summed E-state index contributed by atoms with van der Waals surface area (Å²) in [5.74, 6) is 1.39. The zero-order valence-electron chi connectivity index (χ0n) is 15.6. The molecule has 2 aromatic rings. The molecule has 2 aliphatic carbocycles. The van der Waals surface area contributed by atoms with Gasteiger partial charge in [0.05, 0.1) is 0 Å². The number of nitrogens with one attached hydrogen (secondary N) is 2. The molecule has 2 amide bonds. The largest absolute Gasteiger partial charge is 0.349 e. The molecule has 5 atom stereocenters. The molecule has 0 aliphatic heterocycles. The normalized spacial score (nSPS) is 26.2. The second-order valence-electron chi connectivity index (χ2n) is 7.65. The number of amides is 2. The van der Waals surface area contributed by atoms with Gasteiger partial charge in [-0.15, -0.1) is 5.10 Å². The third-order valence-corrected chi connectivity index (χ3v) is 6.23. The molecule has 146 valence electrons. The van der Waals surface area contributed by atoms with Crippen LogP contribution in [0.5, 0.6) is 0 Å². The topological polar surface area (TPSA) is 84.0 Å². The van der Waals surface area contributed by atoms with Gasteiger partial charge in [0.15, 0.2) is 5.69 Å². The van der Waals surface area contributed by atoms with Crippen LogP contribution in [0.15, 0.2) is 42.6 Å². The lowest BCUT2D eigenvalue weighted by atomic mass is 9.99. The Kier molecular flexibility index (Phi) is 5.31. The Morgan fingerprint density at radius 2 is 1.86 bits per heavy atom. The maximum atomic E-state index is 12.5. The first-order valence-corrected chi connectivity index (χ1v) is 10.1. The Balaban J connectivity index is 1.30. The van der Waals surface area contributed by atoms with E-state index in [0.29, 0.717) is 34.0 Å². The number of fused-ring (bicyclic) bond motifs is 1. The standard InChI is InChI=1S/C21H23ClN4O2/c1-2-17(25-20(27)12-5-7-13(22)8-6-12)19-15-10-14(11-16(15)19)24-21(28)18-4-3-9-23-26-18/h3-9,14-17,19H,2,10-11H2,1H3,(H,24,28)(H,25,27)/t14-,15-,16+,17?,19+. The van der Waals surface area contributed by atoms with Crippen LogP contribution in [0.2, 0.25) is 5.02 Å². The molecule has 7 heteroatoms. The van der Waals surface area contributed by atoms with Crippen LogP contribution in [0.3, 0.4) is 0 Å². The first-order chi connectivity index (χ1) is 13.6. The summed E-state index contributed by atoms with van der Waals surface area (Å²) in [6.45, 7) is 2.11. The fourth-order valence-corrected chi connectivity index (χ4v) is 4.74. The summed E-state index contributed by atoms with van der Waals surface area (Å²) in [5.41, 5.74) is 0.976. The quantitative estimate of drug-likeness (QED) is 0.783. The van der Waals surface area contributed by atoms with Gasteiger partial charge in [-0.25, -0.2) is 0 Å². The number of hydrogen-bond donors (Lipinski definition) is 2. The summed E-state index contributed by atoms with van der Waals surface area (Å²) in [7, 11) is 0. The minimum absolute atomic E-state index is 0.0546. The van der Waals surface area contributed by atoms with E-state index in [0.717, 1.165) is 19.3 Å². The van der Waals surface area contributed by atoms with Crippen molar-refractivity contribution in [1.29, 1.82) is 0 Å². The lowest BCUT2D eigenvalue weighted by molar-refractivity contribution is 0.0926.